The average Bonchev–Trinajstić information content (AvgIpc) is 2.50. The number of hydrogen-bond acceptors (Lipinski definition) is 2. The van der Waals surface area contributed by atoms with Crippen molar-refractivity contribution < 1.29 is 4.52 Å². The summed E-state index contributed by atoms with van der Waals surface area (Å²) in [5.41, 5.74) is 1.21. The summed E-state index contributed by atoms with van der Waals surface area (Å²) in [6.45, 7) is 4.26. The van der Waals surface area contributed by atoms with Crippen molar-refractivity contribution in [3.8, 4) is 0 Å². The standard InChI is InChI=1S/C10H15NO/c1-3-5-7-10-9(6-4-2)8-11-12-10/h5,7-8H,3-4,6H2,1-2H3. The fourth-order valence-corrected chi connectivity index (χ4v) is 1.09. The molecule has 0 bridgehead atoms. The maximum atomic E-state index is 5.08. The van der Waals surface area contributed by atoms with Crippen molar-refractivity contribution >= 4 is 6.08 Å². The molecule has 0 saturated heterocycles. The fourth-order valence-electron chi connectivity index (χ4n) is 1.09. The van der Waals surface area contributed by atoms with Gasteiger partial charge in [-0.2, -0.15) is 0 Å². The maximum absolute atomic E-state index is 5.08. The van der Waals surface area contributed by atoms with Crippen molar-refractivity contribution in [1.29, 1.82) is 0 Å². The van der Waals surface area contributed by atoms with Gasteiger partial charge < -0.3 is 4.52 Å². The Balaban J connectivity index is 2.69. The zero-order valence-corrected chi connectivity index (χ0v) is 7.71. The van der Waals surface area contributed by atoms with E-state index in [1.165, 1.54) is 5.56 Å². The highest BCUT2D eigenvalue weighted by molar-refractivity contribution is 5.46. The highest BCUT2D eigenvalue weighted by atomic mass is 16.5. The van der Waals surface area contributed by atoms with Crippen molar-refractivity contribution in [2.75, 3.05) is 0 Å². The summed E-state index contributed by atoms with van der Waals surface area (Å²) in [4.78, 5) is 0. The van der Waals surface area contributed by atoms with Crippen LogP contribution in [-0.2, 0) is 6.42 Å². The zero-order valence-electron chi connectivity index (χ0n) is 7.71. The number of nitrogens with zero attached hydrogens (tertiary/aromatic N) is 1. The molecular weight excluding hydrogens is 150 g/mol. The molecule has 0 aliphatic heterocycles. The summed E-state index contributed by atoms with van der Waals surface area (Å²) in [6.07, 6.45) is 9.10. The Morgan fingerprint density at radius 1 is 1.50 bits per heavy atom. The third kappa shape index (κ3) is 2.22. The number of rotatable bonds is 4. The average molecular weight is 165 g/mol. The predicted molar refractivity (Wildman–Crippen MR) is 49.8 cm³/mol. The van der Waals surface area contributed by atoms with Gasteiger partial charge >= 0.3 is 0 Å². The molecule has 0 aromatic carbocycles. The van der Waals surface area contributed by atoms with E-state index >= 15 is 0 Å². The molecule has 1 heterocycles. The molecule has 0 spiro atoms. The van der Waals surface area contributed by atoms with E-state index < -0.39 is 0 Å². The summed E-state index contributed by atoms with van der Waals surface area (Å²) in [5, 5.41) is 3.77. The quantitative estimate of drug-likeness (QED) is 0.685. The van der Waals surface area contributed by atoms with E-state index in [-0.39, 0.29) is 0 Å². The van der Waals surface area contributed by atoms with Gasteiger partial charge in [0.2, 0.25) is 0 Å². The summed E-state index contributed by atoms with van der Waals surface area (Å²) in [5.74, 6) is 0.915. The van der Waals surface area contributed by atoms with Gasteiger partial charge in [-0.25, -0.2) is 0 Å². The molecule has 2 nitrogen and oxygen atoms in total. The first-order chi connectivity index (χ1) is 5.88. The lowest BCUT2D eigenvalue weighted by atomic mass is 10.1. The molecule has 2 heteroatoms. The normalized spacial score (nSPS) is 11.2. The van der Waals surface area contributed by atoms with Crippen LogP contribution in [0.15, 0.2) is 16.8 Å². The first-order valence-electron chi connectivity index (χ1n) is 4.48. The minimum absolute atomic E-state index is 0.915. The molecule has 0 amide bonds. The van der Waals surface area contributed by atoms with Crippen LogP contribution >= 0.6 is 0 Å². The van der Waals surface area contributed by atoms with Gasteiger partial charge in [0.1, 0.15) is 0 Å². The monoisotopic (exact) mass is 165 g/mol. The van der Waals surface area contributed by atoms with E-state index in [1.54, 1.807) is 6.20 Å². The molecule has 0 aliphatic carbocycles. The van der Waals surface area contributed by atoms with Gasteiger partial charge in [0.05, 0.1) is 6.20 Å². The molecule has 0 atom stereocenters. The molecule has 1 aromatic heterocycles. The lowest BCUT2D eigenvalue weighted by Gasteiger charge is -1.91. The smallest absolute Gasteiger partial charge is 0.162 e. The van der Waals surface area contributed by atoms with Gasteiger partial charge in [-0.1, -0.05) is 31.5 Å². The fraction of sp³-hybridized carbons (Fsp3) is 0.500. The number of aromatic nitrogens is 1. The summed E-state index contributed by atoms with van der Waals surface area (Å²) >= 11 is 0. The van der Waals surface area contributed by atoms with Crippen LogP contribution in [0.1, 0.15) is 38.0 Å². The second-order valence-corrected chi connectivity index (χ2v) is 2.78. The molecule has 1 aromatic rings. The predicted octanol–water partition coefficient (Wildman–Crippen LogP) is 3.05. The van der Waals surface area contributed by atoms with Gasteiger partial charge in [0, 0.05) is 5.56 Å². The van der Waals surface area contributed by atoms with Crippen LogP contribution in [0.3, 0.4) is 0 Å². The third-order valence-corrected chi connectivity index (χ3v) is 1.70. The van der Waals surface area contributed by atoms with Crippen molar-refractivity contribution in [2.45, 2.75) is 33.1 Å². The Morgan fingerprint density at radius 3 is 3.00 bits per heavy atom. The van der Waals surface area contributed by atoms with Crippen LogP contribution in [0.2, 0.25) is 0 Å². The summed E-state index contributed by atoms with van der Waals surface area (Å²) in [7, 11) is 0. The second kappa shape index (κ2) is 4.75. The highest BCUT2D eigenvalue weighted by Crippen LogP contribution is 2.12. The third-order valence-electron chi connectivity index (χ3n) is 1.70. The maximum Gasteiger partial charge on any atom is 0.162 e. The van der Waals surface area contributed by atoms with Gasteiger partial charge in [0.15, 0.2) is 5.76 Å². The van der Waals surface area contributed by atoms with Crippen LogP contribution in [0, 0.1) is 0 Å². The molecule has 66 valence electrons. The molecule has 0 saturated carbocycles. The molecule has 1 rings (SSSR count). The first kappa shape index (κ1) is 9.04. The Labute approximate surface area is 73.3 Å². The molecule has 0 N–H and O–H groups in total. The van der Waals surface area contributed by atoms with Crippen molar-refractivity contribution in [2.24, 2.45) is 0 Å². The lowest BCUT2D eigenvalue weighted by molar-refractivity contribution is 0.411. The lowest BCUT2D eigenvalue weighted by Crippen LogP contribution is -1.81. The topological polar surface area (TPSA) is 26.0 Å². The van der Waals surface area contributed by atoms with Gasteiger partial charge in [-0.15, -0.1) is 0 Å². The van der Waals surface area contributed by atoms with Crippen LogP contribution in [-0.4, -0.2) is 5.16 Å². The minimum Gasteiger partial charge on any atom is -0.357 e. The highest BCUT2D eigenvalue weighted by Gasteiger charge is 2.01. The van der Waals surface area contributed by atoms with Crippen molar-refractivity contribution in [1.82, 2.24) is 5.16 Å². The Bertz CT molecular complexity index is 250. The molecular formula is C10H15NO. The molecule has 0 fully saturated rings. The SMILES string of the molecule is CCC=Cc1oncc1CCC. The van der Waals surface area contributed by atoms with E-state index in [9.17, 15) is 0 Å². The number of allylic oxidation sites excluding steroid dienone is 1. The molecule has 12 heavy (non-hydrogen) atoms. The van der Waals surface area contributed by atoms with E-state index in [4.69, 9.17) is 4.52 Å². The van der Waals surface area contributed by atoms with E-state index in [1.807, 2.05) is 6.08 Å². The van der Waals surface area contributed by atoms with Gasteiger partial charge in [0.25, 0.3) is 0 Å². The summed E-state index contributed by atoms with van der Waals surface area (Å²) < 4.78 is 5.08. The number of hydrogen-bond donors (Lipinski definition) is 0. The van der Waals surface area contributed by atoms with E-state index in [0.717, 1.165) is 25.0 Å². The van der Waals surface area contributed by atoms with Crippen LogP contribution in [0.4, 0.5) is 0 Å². The Morgan fingerprint density at radius 2 is 2.33 bits per heavy atom. The van der Waals surface area contributed by atoms with Crippen LogP contribution in [0.25, 0.3) is 6.08 Å². The summed E-state index contributed by atoms with van der Waals surface area (Å²) in [6, 6.07) is 0. The van der Waals surface area contributed by atoms with Crippen molar-refractivity contribution in [3.63, 3.8) is 0 Å². The Kier molecular flexibility index (Phi) is 3.58. The number of aryl methyl sites for hydroxylation is 1. The minimum atomic E-state index is 0.915. The van der Waals surface area contributed by atoms with Gasteiger partial charge in [-0.05, 0) is 18.9 Å². The zero-order chi connectivity index (χ0) is 8.81. The molecule has 0 unspecified atom stereocenters. The molecule has 0 aliphatic rings. The molecule has 0 radical (unpaired) electrons. The van der Waals surface area contributed by atoms with Gasteiger partial charge in [-0.3, -0.25) is 0 Å². The van der Waals surface area contributed by atoms with Crippen LogP contribution in [0.5, 0.6) is 0 Å². The van der Waals surface area contributed by atoms with E-state index in [0.29, 0.717) is 0 Å². The van der Waals surface area contributed by atoms with Crippen molar-refractivity contribution in [3.05, 3.63) is 23.6 Å². The second-order valence-electron chi connectivity index (χ2n) is 2.78. The largest absolute Gasteiger partial charge is 0.357 e. The van der Waals surface area contributed by atoms with E-state index in [2.05, 4.69) is 25.1 Å². The Hall–Kier alpha value is -1.05. The first-order valence-corrected chi connectivity index (χ1v) is 4.48. The van der Waals surface area contributed by atoms with Crippen LogP contribution < -0.4 is 0 Å².